The van der Waals surface area contributed by atoms with Crippen molar-refractivity contribution in [3.8, 4) is 5.75 Å². The Morgan fingerprint density at radius 1 is 1.50 bits per heavy atom. The van der Waals surface area contributed by atoms with Gasteiger partial charge in [0.05, 0.1) is 0 Å². The first-order chi connectivity index (χ1) is 6.63. The van der Waals surface area contributed by atoms with E-state index in [-0.39, 0.29) is 5.91 Å². The maximum absolute atomic E-state index is 11.2. The second-order valence-electron chi connectivity index (χ2n) is 3.19. The highest BCUT2D eigenvalue weighted by Crippen LogP contribution is 2.13. The van der Waals surface area contributed by atoms with E-state index >= 15 is 0 Å². The Balaban J connectivity index is 2.64. The first kappa shape index (κ1) is 10.6. The van der Waals surface area contributed by atoms with E-state index in [4.69, 9.17) is 4.74 Å². The molecule has 0 heterocycles. The van der Waals surface area contributed by atoms with Gasteiger partial charge in [-0.15, -0.1) is 0 Å². The molecule has 1 aromatic carbocycles. The third-order valence-corrected chi connectivity index (χ3v) is 1.92. The molecule has 76 valence electrons. The summed E-state index contributed by atoms with van der Waals surface area (Å²) < 4.78 is 5.44. The van der Waals surface area contributed by atoms with Gasteiger partial charge in [-0.3, -0.25) is 4.79 Å². The van der Waals surface area contributed by atoms with Crippen LogP contribution in [-0.4, -0.2) is 19.1 Å². The Kier molecular flexibility index (Phi) is 3.51. The van der Waals surface area contributed by atoms with Crippen molar-refractivity contribution < 1.29 is 9.53 Å². The van der Waals surface area contributed by atoms with Gasteiger partial charge in [-0.05, 0) is 31.5 Å². The molecule has 1 rings (SSSR count). The maximum atomic E-state index is 11.2. The highest BCUT2D eigenvalue weighted by Gasteiger charge is 2.11. The van der Waals surface area contributed by atoms with Crippen molar-refractivity contribution in [3.63, 3.8) is 0 Å². The molecule has 14 heavy (non-hydrogen) atoms. The van der Waals surface area contributed by atoms with Crippen LogP contribution in [0.1, 0.15) is 12.5 Å². The second kappa shape index (κ2) is 4.65. The van der Waals surface area contributed by atoms with Gasteiger partial charge in [0.1, 0.15) is 5.75 Å². The molecule has 3 heteroatoms. The van der Waals surface area contributed by atoms with E-state index in [0.717, 1.165) is 11.3 Å². The average Bonchev–Trinajstić information content (AvgIpc) is 2.16. The number of aryl methyl sites for hydroxylation is 1. The van der Waals surface area contributed by atoms with E-state index in [1.54, 1.807) is 14.0 Å². The number of likely N-dealkylation sites (N-methyl/N-ethyl adjacent to an activating group) is 1. The van der Waals surface area contributed by atoms with Crippen LogP contribution in [0.15, 0.2) is 24.3 Å². The molecule has 1 amide bonds. The summed E-state index contributed by atoms with van der Waals surface area (Å²) in [6.07, 6.45) is -0.457. The van der Waals surface area contributed by atoms with Crippen molar-refractivity contribution in [2.75, 3.05) is 7.05 Å². The Bertz CT molecular complexity index is 323. The van der Waals surface area contributed by atoms with Crippen molar-refractivity contribution >= 4 is 5.91 Å². The van der Waals surface area contributed by atoms with Crippen molar-refractivity contribution in [3.05, 3.63) is 29.8 Å². The van der Waals surface area contributed by atoms with Crippen molar-refractivity contribution in [1.82, 2.24) is 5.32 Å². The molecule has 0 aliphatic carbocycles. The second-order valence-corrected chi connectivity index (χ2v) is 3.19. The van der Waals surface area contributed by atoms with Gasteiger partial charge in [0.25, 0.3) is 5.91 Å². The topological polar surface area (TPSA) is 38.3 Å². The van der Waals surface area contributed by atoms with Gasteiger partial charge >= 0.3 is 0 Å². The third kappa shape index (κ3) is 2.76. The molecule has 0 aliphatic rings. The van der Waals surface area contributed by atoms with Crippen molar-refractivity contribution in [2.45, 2.75) is 20.0 Å². The zero-order valence-electron chi connectivity index (χ0n) is 8.70. The van der Waals surface area contributed by atoms with Gasteiger partial charge < -0.3 is 10.1 Å². The molecule has 0 fully saturated rings. The lowest BCUT2D eigenvalue weighted by Crippen LogP contribution is -2.33. The molecule has 3 nitrogen and oxygen atoms in total. The number of carbonyl (C=O) groups excluding carboxylic acids is 1. The van der Waals surface area contributed by atoms with Gasteiger partial charge in [0.15, 0.2) is 6.10 Å². The summed E-state index contributed by atoms with van der Waals surface area (Å²) in [6.45, 7) is 3.71. The van der Waals surface area contributed by atoms with Crippen molar-refractivity contribution in [2.24, 2.45) is 0 Å². The van der Waals surface area contributed by atoms with Crippen LogP contribution in [0.3, 0.4) is 0 Å². The highest BCUT2D eigenvalue weighted by molar-refractivity contribution is 5.80. The molecule has 0 bridgehead atoms. The van der Waals surface area contributed by atoms with Gasteiger partial charge in [-0.2, -0.15) is 0 Å². The van der Waals surface area contributed by atoms with Crippen LogP contribution in [0.2, 0.25) is 0 Å². The number of amides is 1. The van der Waals surface area contributed by atoms with Crippen LogP contribution in [0.5, 0.6) is 5.75 Å². The van der Waals surface area contributed by atoms with Crippen LogP contribution in [0.25, 0.3) is 0 Å². The van der Waals surface area contributed by atoms with E-state index in [1.807, 2.05) is 31.2 Å². The molecule has 1 aromatic rings. The van der Waals surface area contributed by atoms with Crippen LogP contribution in [-0.2, 0) is 4.79 Å². The fourth-order valence-electron chi connectivity index (χ4n) is 1.15. The molecule has 0 aliphatic heterocycles. The zero-order valence-corrected chi connectivity index (χ0v) is 8.70. The normalized spacial score (nSPS) is 11.9. The molecule has 1 atom stereocenters. The molecule has 0 spiro atoms. The lowest BCUT2D eigenvalue weighted by molar-refractivity contribution is -0.126. The number of benzene rings is 1. The van der Waals surface area contributed by atoms with Crippen LogP contribution in [0.4, 0.5) is 0 Å². The first-order valence-electron chi connectivity index (χ1n) is 4.58. The molecule has 0 saturated heterocycles. The van der Waals surface area contributed by atoms with E-state index < -0.39 is 6.10 Å². The van der Waals surface area contributed by atoms with Crippen LogP contribution < -0.4 is 10.1 Å². The quantitative estimate of drug-likeness (QED) is 0.790. The minimum atomic E-state index is -0.457. The van der Waals surface area contributed by atoms with Gasteiger partial charge in [-0.25, -0.2) is 0 Å². The summed E-state index contributed by atoms with van der Waals surface area (Å²) in [4.78, 5) is 11.2. The average molecular weight is 193 g/mol. The highest BCUT2D eigenvalue weighted by atomic mass is 16.5. The molecule has 0 aromatic heterocycles. The third-order valence-electron chi connectivity index (χ3n) is 1.92. The summed E-state index contributed by atoms with van der Waals surface area (Å²) in [7, 11) is 1.60. The Hall–Kier alpha value is -1.51. The monoisotopic (exact) mass is 193 g/mol. The summed E-state index contributed by atoms with van der Waals surface area (Å²) in [5.74, 6) is 0.604. The van der Waals surface area contributed by atoms with E-state index in [2.05, 4.69) is 5.32 Å². The van der Waals surface area contributed by atoms with Crippen molar-refractivity contribution in [1.29, 1.82) is 0 Å². The van der Waals surface area contributed by atoms with E-state index in [0.29, 0.717) is 0 Å². The molecule has 1 N–H and O–H groups in total. The molecular weight excluding hydrogens is 178 g/mol. The fraction of sp³-hybridized carbons (Fsp3) is 0.364. The van der Waals surface area contributed by atoms with Crippen LogP contribution >= 0.6 is 0 Å². The lowest BCUT2D eigenvalue weighted by Gasteiger charge is -2.13. The first-order valence-corrected chi connectivity index (χ1v) is 4.58. The predicted octanol–water partition coefficient (Wildman–Crippen LogP) is 1.51. The van der Waals surface area contributed by atoms with Gasteiger partial charge in [-0.1, -0.05) is 12.1 Å². The lowest BCUT2D eigenvalue weighted by atomic mass is 10.2. The number of ether oxygens (including phenoxy) is 1. The molecular formula is C11H15NO2. The Morgan fingerprint density at radius 3 is 2.79 bits per heavy atom. The van der Waals surface area contributed by atoms with E-state index in [9.17, 15) is 4.79 Å². The molecule has 0 radical (unpaired) electrons. The standard InChI is InChI=1S/C11H15NO2/c1-8-5-4-6-10(7-8)14-9(2)11(13)12-3/h4-7,9H,1-3H3,(H,12,13)/t9-/m0/s1. The number of nitrogens with one attached hydrogen (secondary N) is 1. The zero-order chi connectivity index (χ0) is 10.6. The molecule has 0 saturated carbocycles. The van der Waals surface area contributed by atoms with Gasteiger partial charge in [0.2, 0.25) is 0 Å². The molecule has 0 unspecified atom stereocenters. The summed E-state index contributed by atoms with van der Waals surface area (Å²) in [5.41, 5.74) is 1.12. The smallest absolute Gasteiger partial charge is 0.260 e. The number of hydrogen-bond donors (Lipinski definition) is 1. The minimum Gasteiger partial charge on any atom is -0.481 e. The predicted molar refractivity (Wildman–Crippen MR) is 55.3 cm³/mol. The fourth-order valence-corrected chi connectivity index (χ4v) is 1.15. The number of rotatable bonds is 3. The number of hydrogen-bond acceptors (Lipinski definition) is 2. The largest absolute Gasteiger partial charge is 0.481 e. The van der Waals surface area contributed by atoms with E-state index in [1.165, 1.54) is 0 Å². The van der Waals surface area contributed by atoms with Crippen LogP contribution in [0, 0.1) is 6.92 Å². The summed E-state index contributed by atoms with van der Waals surface area (Å²) >= 11 is 0. The Morgan fingerprint density at radius 2 is 2.21 bits per heavy atom. The maximum Gasteiger partial charge on any atom is 0.260 e. The van der Waals surface area contributed by atoms with Gasteiger partial charge in [0, 0.05) is 7.05 Å². The number of carbonyl (C=O) groups is 1. The Labute approximate surface area is 84.1 Å². The SMILES string of the molecule is CNC(=O)[C@H](C)Oc1cccc(C)c1. The summed E-state index contributed by atoms with van der Waals surface area (Å²) in [6, 6.07) is 7.63. The minimum absolute atomic E-state index is 0.119. The summed E-state index contributed by atoms with van der Waals surface area (Å²) in [5, 5.41) is 2.54.